The highest BCUT2D eigenvalue weighted by Gasteiger charge is 2.24. The van der Waals surface area contributed by atoms with Crippen LogP contribution < -0.4 is 14.8 Å². The molecular weight excluding hydrogens is 442 g/mol. The highest BCUT2D eigenvalue weighted by molar-refractivity contribution is 5.95. The number of benzene rings is 2. The predicted molar refractivity (Wildman–Crippen MR) is 112 cm³/mol. The van der Waals surface area contributed by atoms with E-state index in [4.69, 9.17) is 14.2 Å². The highest BCUT2D eigenvalue weighted by atomic mass is 16.6. The number of hydrogen-bond donors (Lipinski definition) is 1. The molecule has 1 heterocycles. The number of Topliss-reactive ketones (excluding diaryl/α,β-unsaturated/α-hetero) is 1. The summed E-state index contributed by atoms with van der Waals surface area (Å²) >= 11 is 0. The molecule has 1 N–H and O–H groups in total. The number of ether oxygens (including phenoxy) is 3. The number of non-ortho nitro benzene ring substituents is 1. The van der Waals surface area contributed by atoms with E-state index in [0.29, 0.717) is 0 Å². The molecule has 0 fully saturated rings. The number of nitro groups is 2. The Morgan fingerprint density at radius 1 is 1.06 bits per heavy atom. The first-order chi connectivity index (χ1) is 15.8. The number of nitrogens with zero attached hydrogens (tertiary/aromatic N) is 4. The number of carbonyl (C=O) groups is 1. The summed E-state index contributed by atoms with van der Waals surface area (Å²) in [7, 11) is 2.76. The molecule has 174 valence electrons. The number of aromatic nitrogens is 2. The number of rotatable bonds is 11. The van der Waals surface area contributed by atoms with Gasteiger partial charge in [0.25, 0.3) is 5.69 Å². The van der Waals surface area contributed by atoms with Crippen LogP contribution in [-0.2, 0) is 16.1 Å². The summed E-state index contributed by atoms with van der Waals surface area (Å²) in [4.78, 5) is 33.5. The molecule has 14 nitrogen and oxygen atoms in total. The van der Waals surface area contributed by atoms with Crippen LogP contribution in [0.4, 0.5) is 17.1 Å². The molecule has 0 aliphatic carbocycles. The topological polar surface area (TPSA) is 182 Å². The lowest BCUT2D eigenvalue weighted by Crippen LogP contribution is -2.32. The Bertz CT molecular complexity index is 1210. The van der Waals surface area contributed by atoms with Crippen LogP contribution in [0.15, 0.2) is 28.9 Å². The Balaban J connectivity index is 1.78. The van der Waals surface area contributed by atoms with Crippen molar-refractivity contribution in [3.63, 3.8) is 0 Å². The van der Waals surface area contributed by atoms with E-state index in [2.05, 4.69) is 20.3 Å². The molecule has 1 atom stereocenters. The summed E-state index contributed by atoms with van der Waals surface area (Å²) in [6, 6.07) is 4.35. The molecule has 3 rings (SSSR count). The van der Waals surface area contributed by atoms with Crippen LogP contribution in [0.1, 0.15) is 12.5 Å². The van der Waals surface area contributed by atoms with E-state index in [1.54, 1.807) is 0 Å². The van der Waals surface area contributed by atoms with Crippen molar-refractivity contribution in [1.29, 1.82) is 0 Å². The Labute approximate surface area is 185 Å². The van der Waals surface area contributed by atoms with Crippen molar-refractivity contribution < 1.29 is 33.5 Å². The van der Waals surface area contributed by atoms with Gasteiger partial charge >= 0.3 is 5.69 Å². The summed E-state index contributed by atoms with van der Waals surface area (Å²) in [5, 5.41) is 32.7. The molecule has 0 saturated heterocycles. The van der Waals surface area contributed by atoms with Gasteiger partial charge in [-0.2, -0.15) is 0 Å². The van der Waals surface area contributed by atoms with Gasteiger partial charge in [-0.05, 0) is 29.4 Å². The number of methoxy groups -OCH3 is 2. The van der Waals surface area contributed by atoms with E-state index in [1.165, 1.54) is 45.4 Å². The van der Waals surface area contributed by atoms with Crippen LogP contribution in [0, 0.1) is 20.2 Å². The summed E-state index contributed by atoms with van der Waals surface area (Å²) in [6.45, 7) is 0.970. The lowest BCUT2D eigenvalue weighted by molar-refractivity contribution is -0.386. The standard InChI is InChI=1S/C19H19N5O9/c1-10(25)13(20-12-4-5-14(23(26)27)19-18(12)21-33-22-19)9-32-8-11-6-16(30-2)17(31-3)7-15(11)24(28)29/h4-7,13,20H,8-9H2,1-3H3. The van der Waals surface area contributed by atoms with Crippen LogP contribution in [-0.4, -0.2) is 52.8 Å². The van der Waals surface area contributed by atoms with Gasteiger partial charge in [-0.15, -0.1) is 0 Å². The molecule has 0 aliphatic heterocycles. The first kappa shape index (κ1) is 23.3. The zero-order chi connectivity index (χ0) is 24.1. The van der Waals surface area contributed by atoms with Crippen molar-refractivity contribution in [2.75, 3.05) is 26.1 Å². The SMILES string of the molecule is COc1cc(COCC(Nc2ccc([N+](=O)[O-])c3nonc23)C(C)=O)c([N+](=O)[O-])cc1OC. The molecule has 0 amide bonds. The molecule has 1 unspecified atom stereocenters. The maximum Gasteiger partial charge on any atom is 0.300 e. The number of anilines is 1. The Kier molecular flexibility index (Phi) is 6.97. The third-order valence-electron chi connectivity index (χ3n) is 4.73. The Morgan fingerprint density at radius 2 is 1.70 bits per heavy atom. The lowest BCUT2D eigenvalue weighted by atomic mass is 10.1. The molecule has 0 spiro atoms. The van der Waals surface area contributed by atoms with E-state index in [-0.39, 0.29) is 64.2 Å². The summed E-state index contributed by atoms with van der Waals surface area (Å²) in [5.41, 5.74) is -0.0322. The second kappa shape index (κ2) is 9.86. The van der Waals surface area contributed by atoms with Gasteiger partial charge in [-0.25, -0.2) is 4.63 Å². The molecule has 3 aromatic rings. The van der Waals surface area contributed by atoms with Crippen LogP contribution >= 0.6 is 0 Å². The molecule has 0 saturated carbocycles. The smallest absolute Gasteiger partial charge is 0.300 e. The minimum Gasteiger partial charge on any atom is -0.493 e. The zero-order valence-electron chi connectivity index (χ0n) is 17.8. The van der Waals surface area contributed by atoms with Gasteiger partial charge in [0.15, 0.2) is 22.8 Å². The van der Waals surface area contributed by atoms with Gasteiger partial charge < -0.3 is 19.5 Å². The van der Waals surface area contributed by atoms with Crippen molar-refractivity contribution in [1.82, 2.24) is 10.3 Å². The van der Waals surface area contributed by atoms with Crippen molar-refractivity contribution in [3.05, 3.63) is 50.1 Å². The molecular formula is C19H19N5O9. The van der Waals surface area contributed by atoms with Crippen LogP contribution in [0.3, 0.4) is 0 Å². The highest BCUT2D eigenvalue weighted by Crippen LogP contribution is 2.35. The zero-order valence-corrected chi connectivity index (χ0v) is 17.8. The number of hydrogen-bond acceptors (Lipinski definition) is 12. The normalized spacial score (nSPS) is 11.7. The maximum atomic E-state index is 12.1. The van der Waals surface area contributed by atoms with Gasteiger partial charge in [-0.1, -0.05) is 0 Å². The first-order valence-corrected chi connectivity index (χ1v) is 9.40. The molecule has 14 heteroatoms. The number of carbonyl (C=O) groups excluding carboxylic acids is 1. The molecule has 0 aliphatic rings. The van der Waals surface area contributed by atoms with Gasteiger partial charge in [-0.3, -0.25) is 25.0 Å². The predicted octanol–water partition coefficient (Wildman–Crippen LogP) is 2.64. The van der Waals surface area contributed by atoms with Crippen molar-refractivity contribution in [2.24, 2.45) is 0 Å². The maximum absolute atomic E-state index is 12.1. The third kappa shape index (κ3) is 4.95. The van der Waals surface area contributed by atoms with Crippen LogP contribution in [0.2, 0.25) is 0 Å². The molecule has 1 aromatic heterocycles. The second-order valence-electron chi connectivity index (χ2n) is 6.77. The number of fused-ring (bicyclic) bond motifs is 1. The second-order valence-corrected chi connectivity index (χ2v) is 6.77. The van der Waals surface area contributed by atoms with E-state index in [1.807, 2.05) is 0 Å². The Hall–Kier alpha value is -4.33. The van der Waals surface area contributed by atoms with Gasteiger partial charge in [0.05, 0.1) is 54.6 Å². The van der Waals surface area contributed by atoms with E-state index >= 15 is 0 Å². The fourth-order valence-electron chi connectivity index (χ4n) is 3.05. The lowest BCUT2D eigenvalue weighted by Gasteiger charge is -2.18. The minimum atomic E-state index is -0.884. The van der Waals surface area contributed by atoms with E-state index in [0.717, 1.165) is 0 Å². The van der Waals surface area contributed by atoms with E-state index < -0.39 is 15.9 Å². The van der Waals surface area contributed by atoms with Crippen molar-refractivity contribution in [2.45, 2.75) is 19.6 Å². The first-order valence-electron chi connectivity index (χ1n) is 9.40. The fourth-order valence-corrected chi connectivity index (χ4v) is 3.05. The van der Waals surface area contributed by atoms with Crippen molar-refractivity contribution in [3.8, 4) is 11.5 Å². The largest absolute Gasteiger partial charge is 0.493 e. The summed E-state index contributed by atoms with van der Waals surface area (Å²) < 4.78 is 20.5. The quantitative estimate of drug-likeness (QED) is 0.326. The third-order valence-corrected chi connectivity index (χ3v) is 4.73. The van der Waals surface area contributed by atoms with Crippen LogP contribution in [0.25, 0.3) is 11.0 Å². The Morgan fingerprint density at radius 3 is 2.30 bits per heavy atom. The van der Waals surface area contributed by atoms with Crippen LogP contribution in [0.5, 0.6) is 11.5 Å². The molecule has 0 bridgehead atoms. The summed E-state index contributed by atoms with van der Waals surface area (Å²) in [6.07, 6.45) is 0. The number of nitro benzene ring substituents is 2. The monoisotopic (exact) mass is 461 g/mol. The average Bonchev–Trinajstić information content (AvgIpc) is 3.27. The van der Waals surface area contributed by atoms with E-state index in [9.17, 15) is 25.0 Å². The summed E-state index contributed by atoms with van der Waals surface area (Å²) in [5.74, 6) is 0.175. The molecule has 2 aromatic carbocycles. The molecule has 0 radical (unpaired) electrons. The fraction of sp³-hybridized carbons (Fsp3) is 0.316. The van der Waals surface area contributed by atoms with Crippen molar-refractivity contribution >= 4 is 33.9 Å². The van der Waals surface area contributed by atoms with Gasteiger partial charge in [0.1, 0.15) is 6.04 Å². The number of ketones is 1. The van der Waals surface area contributed by atoms with Gasteiger partial charge in [0.2, 0.25) is 5.52 Å². The molecule has 33 heavy (non-hydrogen) atoms. The minimum absolute atomic E-state index is 0.0748. The number of nitrogens with one attached hydrogen (secondary N) is 1. The average molecular weight is 461 g/mol. The van der Waals surface area contributed by atoms with Gasteiger partial charge in [0, 0.05) is 6.07 Å².